The lowest BCUT2D eigenvalue weighted by Crippen LogP contribution is -2.32. The number of hydrogen-bond donors (Lipinski definition) is 1. The molecule has 1 aliphatic rings. The Balaban J connectivity index is 1.19. The topological polar surface area (TPSA) is 86.0 Å². The first-order chi connectivity index (χ1) is 20.1. The zero-order chi connectivity index (χ0) is 29.9. The van der Waals surface area contributed by atoms with E-state index in [9.17, 15) is 14.4 Å². The average molecular weight is 565 g/mol. The lowest BCUT2D eigenvalue weighted by molar-refractivity contribution is -0.117. The molecule has 7 heteroatoms. The normalized spacial score (nSPS) is 13.2. The summed E-state index contributed by atoms with van der Waals surface area (Å²) < 4.78 is 3.35. The second-order valence-corrected chi connectivity index (χ2v) is 12.3. The number of aromatic nitrogens is 3. The van der Waals surface area contributed by atoms with Crippen molar-refractivity contribution < 1.29 is 9.59 Å². The fourth-order valence-corrected chi connectivity index (χ4v) is 5.14. The maximum atomic E-state index is 13.0. The third-order valence-corrected chi connectivity index (χ3v) is 7.86. The maximum Gasteiger partial charge on any atom is 0.346 e. The number of rotatable bonds is 11. The summed E-state index contributed by atoms with van der Waals surface area (Å²) in [5.41, 5.74) is 5.84. The molecule has 0 atom stereocenters. The molecule has 1 heterocycles. The van der Waals surface area contributed by atoms with Crippen molar-refractivity contribution in [2.24, 2.45) is 0 Å². The van der Waals surface area contributed by atoms with E-state index in [1.165, 1.54) is 11.1 Å². The largest absolute Gasteiger partial charge is 0.346 e. The first kappa shape index (κ1) is 29.2. The number of Topliss-reactive ketones (excluding diaryl/α,β-unsaturated/α-hetero) is 1. The summed E-state index contributed by atoms with van der Waals surface area (Å²) in [6.07, 6.45) is 4.34. The number of amides is 1. The van der Waals surface area contributed by atoms with Crippen LogP contribution in [0, 0.1) is 0 Å². The first-order valence-electron chi connectivity index (χ1n) is 14.9. The highest BCUT2D eigenvalue weighted by atomic mass is 16.2. The summed E-state index contributed by atoms with van der Waals surface area (Å²) in [4.78, 5) is 37.8. The fourth-order valence-electron chi connectivity index (χ4n) is 5.14. The number of hydrogen-bond acceptors (Lipinski definition) is 4. The van der Waals surface area contributed by atoms with Gasteiger partial charge < -0.3 is 5.32 Å². The summed E-state index contributed by atoms with van der Waals surface area (Å²) >= 11 is 0. The van der Waals surface area contributed by atoms with Crippen molar-refractivity contribution in [1.82, 2.24) is 19.7 Å². The van der Waals surface area contributed by atoms with Crippen LogP contribution in [0.5, 0.6) is 0 Å². The van der Waals surface area contributed by atoms with Gasteiger partial charge in [-0.2, -0.15) is 5.10 Å². The second-order valence-electron chi connectivity index (χ2n) is 12.3. The van der Waals surface area contributed by atoms with Gasteiger partial charge >= 0.3 is 5.69 Å². The zero-order valence-corrected chi connectivity index (χ0v) is 25.0. The predicted molar refractivity (Wildman–Crippen MR) is 166 cm³/mol. The Bertz CT molecular complexity index is 1620. The van der Waals surface area contributed by atoms with Crippen molar-refractivity contribution in [3.8, 4) is 11.1 Å². The molecule has 7 nitrogen and oxygen atoms in total. The lowest BCUT2D eigenvalue weighted by atomic mass is 9.87. The highest BCUT2D eigenvalue weighted by Gasteiger charge is 2.27. The van der Waals surface area contributed by atoms with E-state index in [1.54, 1.807) is 21.4 Å². The van der Waals surface area contributed by atoms with Gasteiger partial charge in [-0.25, -0.2) is 9.48 Å². The SMILES string of the molecule is CCn1c(CCCc2ccc(-c3cccc(C(=O)C(=O)NC4CC4)c3)cc2)nn(Cc2ccc(C(C)(C)C)cc2)c1=O. The Morgan fingerprint density at radius 3 is 2.24 bits per heavy atom. The smallest absolute Gasteiger partial charge is 0.346 e. The molecule has 1 saturated carbocycles. The Morgan fingerprint density at radius 1 is 0.905 bits per heavy atom. The fraction of sp³-hybridized carbons (Fsp3) is 0.371. The molecular weight excluding hydrogens is 524 g/mol. The van der Waals surface area contributed by atoms with E-state index < -0.39 is 11.7 Å². The van der Waals surface area contributed by atoms with Crippen LogP contribution in [0.15, 0.2) is 77.6 Å². The predicted octanol–water partition coefficient (Wildman–Crippen LogP) is 5.71. The zero-order valence-electron chi connectivity index (χ0n) is 25.0. The average Bonchev–Trinajstić information content (AvgIpc) is 3.75. The molecular formula is C35H40N4O3. The van der Waals surface area contributed by atoms with Gasteiger partial charge in [0.25, 0.3) is 5.91 Å². The highest BCUT2D eigenvalue weighted by molar-refractivity contribution is 6.43. The Hall–Kier alpha value is -4.26. The van der Waals surface area contributed by atoms with Crippen LogP contribution < -0.4 is 11.0 Å². The van der Waals surface area contributed by atoms with E-state index in [1.807, 2.05) is 31.2 Å². The van der Waals surface area contributed by atoms with Crippen molar-refractivity contribution in [3.63, 3.8) is 0 Å². The monoisotopic (exact) mass is 564 g/mol. The molecule has 5 rings (SSSR count). The number of ketones is 1. The van der Waals surface area contributed by atoms with Crippen LogP contribution in [0.2, 0.25) is 0 Å². The van der Waals surface area contributed by atoms with Gasteiger partial charge in [0.15, 0.2) is 0 Å². The third-order valence-electron chi connectivity index (χ3n) is 7.86. The molecule has 4 aromatic rings. The van der Waals surface area contributed by atoms with E-state index in [2.05, 4.69) is 62.5 Å². The molecule has 218 valence electrons. The van der Waals surface area contributed by atoms with Gasteiger partial charge in [0.2, 0.25) is 5.78 Å². The van der Waals surface area contributed by atoms with Gasteiger partial charge in [0.1, 0.15) is 5.82 Å². The van der Waals surface area contributed by atoms with E-state index in [-0.39, 0.29) is 17.1 Å². The lowest BCUT2D eigenvalue weighted by Gasteiger charge is -2.19. The number of carbonyl (C=O) groups is 2. The van der Waals surface area contributed by atoms with Gasteiger partial charge in [0, 0.05) is 24.6 Å². The molecule has 0 bridgehead atoms. The van der Waals surface area contributed by atoms with Gasteiger partial charge in [-0.15, -0.1) is 0 Å². The van der Waals surface area contributed by atoms with E-state index in [0.29, 0.717) is 25.1 Å². The summed E-state index contributed by atoms with van der Waals surface area (Å²) in [6, 6.07) is 24.1. The molecule has 1 amide bonds. The summed E-state index contributed by atoms with van der Waals surface area (Å²) in [5.74, 6) is -0.206. The molecule has 1 aliphatic carbocycles. The van der Waals surface area contributed by atoms with E-state index in [4.69, 9.17) is 5.10 Å². The van der Waals surface area contributed by atoms with Crippen LogP contribution in [-0.4, -0.2) is 32.1 Å². The summed E-state index contributed by atoms with van der Waals surface area (Å²) in [5, 5.41) is 7.46. The number of benzene rings is 3. The van der Waals surface area contributed by atoms with Crippen molar-refractivity contribution >= 4 is 11.7 Å². The van der Waals surface area contributed by atoms with Crippen molar-refractivity contribution in [3.05, 3.63) is 111 Å². The Morgan fingerprint density at radius 2 is 1.60 bits per heavy atom. The van der Waals surface area contributed by atoms with Crippen LogP contribution >= 0.6 is 0 Å². The number of nitrogens with zero attached hydrogens (tertiary/aromatic N) is 3. The first-order valence-corrected chi connectivity index (χ1v) is 14.9. The second kappa shape index (κ2) is 12.3. The van der Waals surface area contributed by atoms with E-state index >= 15 is 0 Å². The minimum atomic E-state index is -0.530. The molecule has 0 radical (unpaired) electrons. The maximum absolute atomic E-state index is 13.0. The molecule has 1 N–H and O–H groups in total. The van der Waals surface area contributed by atoms with Crippen molar-refractivity contribution in [1.29, 1.82) is 0 Å². The molecule has 0 spiro atoms. The number of nitrogens with one attached hydrogen (secondary N) is 1. The molecule has 3 aromatic carbocycles. The molecule has 1 fully saturated rings. The quantitative estimate of drug-likeness (QED) is 0.187. The van der Waals surface area contributed by atoms with Crippen molar-refractivity contribution in [2.45, 2.75) is 84.3 Å². The van der Waals surface area contributed by atoms with Crippen LogP contribution in [0.25, 0.3) is 11.1 Å². The van der Waals surface area contributed by atoms with Gasteiger partial charge in [-0.05, 0) is 71.9 Å². The standard InChI is InChI=1S/C35H40N4O3/c1-5-38-31(37-39(34(38)42)23-25-14-18-29(19-15-25)35(2,3)4)11-6-8-24-12-16-26(17-13-24)27-9-7-10-28(22-27)32(40)33(41)36-30-20-21-30/h7,9-10,12-19,22,30H,5-6,8,11,20-21,23H2,1-4H3,(H,36,41). The van der Waals surface area contributed by atoms with Gasteiger partial charge in [-0.3, -0.25) is 14.2 Å². The Labute approximate surface area is 247 Å². The Kier molecular flexibility index (Phi) is 8.57. The number of aryl methyl sites for hydroxylation is 2. The molecule has 1 aromatic heterocycles. The molecule has 42 heavy (non-hydrogen) atoms. The highest BCUT2D eigenvalue weighted by Crippen LogP contribution is 2.24. The van der Waals surface area contributed by atoms with Crippen LogP contribution in [0.3, 0.4) is 0 Å². The van der Waals surface area contributed by atoms with Crippen LogP contribution in [0.4, 0.5) is 0 Å². The van der Waals surface area contributed by atoms with Crippen LogP contribution in [0.1, 0.15) is 79.8 Å². The van der Waals surface area contributed by atoms with Gasteiger partial charge in [-0.1, -0.05) is 87.5 Å². The molecule has 0 saturated heterocycles. The third kappa shape index (κ3) is 6.96. The van der Waals surface area contributed by atoms with Gasteiger partial charge in [0.05, 0.1) is 6.54 Å². The number of carbonyl (C=O) groups excluding carboxylic acids is 2. The molecule has 0 aliphatic heterocycles. The summed E-state index contributed by atoms with van der Waals surface area (Å²) in [6.45, 7) is 9.61. The van der Waals surface area contributed by atoms with Crippen LogP contribution in [-0.2, 0) is 36.1 Å². The minimum absolute atomic E-state index is 0.0671. The molecule has 0 unspecified atom stereocenters. The van der Waals surface area contributed by atoms with E-state index in [0.717, 1.165) is 48.2 Å². The summed E-state index contributed by atoms with van der Waals surface area (Å²) in [7, 11) is 0. The minimum Gasteiger partial charge on any atom is -0.346 e. The van der Waals surface area contributed by atoms with Crippen molar-refractivity contribution in [2.75, 3.05) is 0 Å².